The number of halogens is 4. The zero-order chi connectivity index (χ0) is 36.5. The van der Waals surface area contributed by atoms with Crippen molar-refractivity contribution >= 4 is 49.6 Å². The Labute approximate surface area is 355 Å². The highest BCUT2D eigenvalue weighted by Gasteiger charge is 2.26. The standard InChI is InChI=1S/C42H48N4O6.4ClH/c1-47-37-20-32(21-38(48-2)41(37)51-5)34-18-31(24-43-25-34)28-46(27-29-10-8-7-9-11-29)35-13-16-45(17-14-35)26-30-12-15-44-36(19-30)33-22-39(49-3)42(52-6)40(23-33)50-4;;;;/h7-12,15,18-25,35H,13-14,16-17,26-28H2,1-6H3;4*1H. The van der Waals surface area contributed by atoms with Crippen molar-refractivity contribution in [3.63, 3.8) is 0 Å². The van der Waals surface area contributed by atoms with Crippen molar-refractivity contribution in [1.82, 2.24) is 19.8 Å². The number of benzene rings is 3. The van der Waals surface area contributed by atoms with E-state index in [1.165, 1.54) is 11.1 Å². The van der Waals surface area contributed by atoms with E-state index in [1.54, 1.807) is 42.7 Å². The van der Waals surface area contributed by atoms with Gasteiger partial charge in [0.1, 0.15) is 0 Å². The summed E-state index contributed by atoms with van der Waals surface area (Å²) in [5.74, 6) is 3.58. The minimum Gasteiger partial charge on any atom is -0.493 e. The van der Waals surface area contributed by atoms with E-state index in [0.29, 0.717) is 40.5 Å². The molecule has 0 bridgehead atoms. The Kier molecular flexibility index (Phi) is 19.8. The third-order valence-electron chi connectivity index (χ3n) is 9.67. The van der Waals surface area contributed by atoms with Crippen LogP contribution >= 0.6 is 49.6 Å². The summed E-state index contributed by atoms with van der Waals surface area (Å²) in [6.45, 7) is 4.50. The summed E-state index contributed by atoms with van der Waals surface area (Å²) < 4.78 is 33.5. The molecule has 0 saturated carbocycles. The van der Waals surface area contributed by atoms with E-state index in [4.69, 9.17) is 28.4 Å². The van der Waals surface area contributed by atoms with Gasteiger partial charge < -0.3 is 28.4 Å². The van der Waals surface area contributed by atoms with Crippen LogP contribution in [0.25, 0.3) is 22.4 Å². The summed E-state index contributed by atoms with van der Waals surface area (Å²) in [5, 5.41) is 0. The van der Waals surface area contributed by atoms with E-state index in [0.717, 1.165) is 73.5 Å². The van der Waals surface area contributed by atoms with E-state index in [2.05, 4.69) is 68.3 Å². The zero-order valence-corrected chi connectivity index (χ0v) is 35.8. The summed E-state index contributed by atoms with van der Waals surface area (Å²) in [5.41, 5.74) is 7.40. The maximum atomic E-state index is 5.62. The molecule has 6 rings (SSSR count). The van der Waals surface area contributed by atoms with Gasteiger partial charge in [0, 0.05) is 55.4 Å². The lowest BCUT2D eigenvalue weighted by molar-refractivity contribution is 0.0932. The van der Waals surface area contributed by atoms with Crippen LogP contribution in [0.4, 0.5) is 0 Å². The van der Waals surface area contributed by atoms with Crippen molar-refractivity contribution in [2.75, 3.05) is 55.7 Å². The molecule has 0 atom stereocenters. The van der Waals surface area contributed by atoms with Crippen LogP contribution in [-0.4, -0.2) is 81.6 Å². The van der Waals surface area contributed by atoms with Crippen LogP contribution in [0.15, 0.2) is 91.4 Å². The van der Waals surface area contributed by atoms with Gasteiger partial charge in [0.15, 0.2) is 23.0 Å². The van der Waals surface area contributed by atoms with Crippen molar-refractivity contribution in [3.8, 4) is 56.9 Å². The second kappa shape index (κ2) is 23.2. The average molecular weight is 851 g/mol. The first kappa shape index (κ1) is 48.0. The van der Waals surface area contributed by atoms with Gasteiger partial charge in [-0.15, -0.1) is 49.6 Å². The maximum absolute atomic E-state index is 5.62. The zero-order valence-electron chi connectivity index (χ0n) is 32.6. The highest BCUT2D eigenvalue weighted by Crippen LogP contribution is 2.42. The monoisotopic (exact) mass is 848 g/mol. The number of pyridine rings is 2. The van der Waals surface area contributed by atoms with Crippen molar-refractivity contribution < 1.29 is 28.4 Å². The van der Waals surface area contributed by atoms with Crippen LogP contribution in [-0.2, 0) is 19.6 Å². The van der Waals surface area contributed by atoms with Gasteiger partial charge in [-0.2, -0.15) is 0 Å². The van der Waals surface area contributed by atoms with Crippen molar-refractivity contribution in [2.24, 2.45) is 0 Å². The summed E-state index contributed by atoms with van der Waals surface area (Å²) >= 11 is 0. The number of ether oxygens (including phenoxy) is 6. The molecule has 56 heavy (non-hydrogen) atoms. The van der Waals surface area contributed by atoms with Gasteiger partial charge in [0.05, 0.1) is 48.4 Å². The number of nitrogens with zero attached hydrogens (tertiary/aromatic N) is 4. The number of likely N-dealkylation sites (tertiary alicyclic amines) is 1. The van der Waals surface area contributed by atoms with Gasteiger partial charge >= 0.3 is 0 Å². The summed E-state index contributed by atoms with van der Waals surface area (Å²) in [6.07, 6.45) is 7.87. The first-order valence-electron chi connectivity index (χ1n) is 17.5. The Bertz CT molecular complexity index is 1900. The number of hydrogen-bond donors (Lipinski definition) is 0. The Morgan fingerprint density at radius 3 is 1.64 bits per heavy atom. The van der Waals surface area contributed by atoms with Gasteiger partial charge in [-0.25, -0.2) is 0 Å². The van der Waals surface area contributed by atoms with Gasteiger partial charge in [0.2, 0.25) is 11.5 Å². The molecule has 2 aromatic heterocycles. The second-order valence-corrected chi connectivity index (χ2v) is 12.9. The van der Waals surface area contributed by atoms with Crippen LogP contribution in [0.2, 0.25) is 0 Å². The van der Waals surface area contributed by atoms with E-state index < -0.39 is 0 Å². The largest absolute Gasteiger partial charge is 0.493 e. The molecule has 3 heterocycles. The summed E-state index contributed by atoms with van der Waals surface area (Å²) in [4.78, 5) is 14.5. The normalized spacial score (nSPS) is 12.6. The van der Waals surface area contributed by atoms with E-state index in [1.807, 2.05) is 42.9 Å². The number of piperidine rings is 1. The number of hydrogen-bond acceptors (Lipinski definition) is 10. The Balaban J connectivity index is 0.00000271. The number of methoxy groups -OCH3 is 6. The predicted octanol–water partition coefficient (Wildman–Crippen LogP) is 9.22. The van der Waals surface area contributed by atoms with Gasteiger partial charge in [-0.05, 0) is 90.6 Å². The molecule has 5 aromatic rings. The lowest BCUT2D eigenvalue weighted by Gasteiger charge is -2.39. The van der Waals surface area contributed by atoms with E-state index in [-0.39, 0.29) is 49.6 Å². The average Bonchev–Trinajstić information content (AvgIpc) is 3.20. The molecule has 0 amide bonds. The second-order valence-electron chi connectivity index (χ2n) is 12.9. The Morgan fingerprint density at radius 2 is 1.11 bits per heavy atom. The maximum Gasteiger partial charge on any atom is 0.203 e. The van der Waals surface area contributed by atoms with Gasteiger partial charge in [-0.1, -0.05) is 30.3 Å². The van der Waals surface area contributed by atoms with Gasteiger partial charge in [-0.3, -0.25) is 19.8 Å². The molecule has 1 saturated heterocycles. The molecule has 10 nitrogen and oxygen atoms in total. The van der Waals surface area contributed by atoms with Crippen molar-refractivity contribution in [1.29, 1.82) is 0 Å². The predicted molar refractivity (Wildman–Crippen MR) is 232 cm³/mol. The quantitative estimate of drug-likeness (QED) is 0.102. The summed E-state index contributed by atoms with van der Waals surface area (Å²) in [7, 11) is 9.74. The van der Waals surface area contributed by atoms with Crippen LogP contribution in [0, 0.1) is 0 Å². The lowest BCUT2D eigenvalue weighted by atomic mass is 9.99. The molecule has 14 heteroatoms. The first-order valence-corrected chi connectivity index (χ1v) is 17.5. The van der Waals surface area contributed by atoms with Gasteiger partial charge in [0.25, 0.3) is 0 Å². The molecule has 1 aliphatic heterocycles. The van der Waals surface area contributed by atoms with Crippen LogP contribution < -0.4 is 28.4 Å². The Morgan fingerprint density at radius 1 is 0.571 bits per heavy atom. The molecule has 1 aliphatic rings. The SMILES string of the molecule is COc1cc(-c2cncc(CN(Cc3ccccc3)C3CCN(Cc4ccnc(-c5cc(OC)c(OC)c(OC)c5)c4)CC3)c2)cc(OC)c1OC.Cl.Cl.Cl.Cl. The molecule has 1 fully saturated rings. The Hall–Kier alpha value is -4.16. The van der Waals surface area contributed by atoms with Crippen LogP contribution in [0.3, 0.4) is 0 Å². The fourth-order valence-electron chi connectivity index (χ4n) is 7.01. The van der Waals surface area contributed by atoms with E-state index >= 15 is 0 Å². The fourth-order valence-corrected chi connectivity index (χ4v) is 7.01. The highest BCUT2D eigenvalue weighted by atomic mass is 35.5. The topological polar surface area (TPSA) is 87.6 Å². The molecule has 0 unspecified atom stereocenters. The fraction of sp³-hybridized carbons (Fsp3) is 0.333. The van der Waals surface area contributed by atoms with Crippen LogP contribution in [0.1, 0.15) is 29.5 Å². The van der Waals surface area contributed by atoms with Crippen molar-refractivity contribution in [2.45, 2.75) is 38.5 Å². The lowest BCUT2D eigenvalue weighted by Crippen LogP contribution is -2.44. The molecule has 3 aromatic carbocycles. The molecule has 0 spiro atoms. The number of aromatic nitrogens is 2. The minimum absolute atomic E-state index is 0. The summed E-state index contributed by atoms with van der Waals surface area (Å²) in [6, 6.07) is 25.4. The van der Waals surface area contributed by atoms with E-state index in [9.17, 15) is 0 Å². The number of rotatable bonds is 15. The molecular weight excluding hydrogens is 798 g/mol. The smallest absolute Gasteiger partial charge is 0.203 e. The third kappa shape index (κ3) is 11.5. The van der Waals surface area contributed by atoms with Crippen molar-refractivity contribution in [3.05, 3.63) is 108 Å². The molecule has 0 N–H and O–H groups in total. The highest BCUT2D eigenvalue weighted by molar-refractivity contribution is 5.86. The molecule has 0 radical (unpaired) electrons. The minimum atomic E-state index is 0. The molecular formula is C42H52Cl4N4O6. The van der Waals surface area contributed by atoms with Crippen LogP contribution in [0.5, 0.6) is 34.5 Å². The molecule has 0 aliphatic carbocycles. The first-order chi connectivity index (χ1) is 25.5. The molecule has 304 valence electrons. The third-order valence-corrected chi connectivity index (χ3v) is 9.67.